The first kappa shape index (κ1) is 43.7. The molecule has 1 aliphatic rings. The van der Waals surface area contributed by atoms with E-state index in [0.717, 1.165) is 11.8 Å². The summed E-state index contributed by atoms with van der Waals surface area (Å²) in [5.74, 6) is -3.68. The second-order valence-corrected chi connectivity index (χ2v) is 21.8. The average Bonchev–Trinajstić information content (AvgIpc) is 3.13. The van der Waals surface area contributed by atoms with E-state index in [9.17, 15) is 70.1 Å². The topological polar surface area (TPSA) is 331 Å². The van der Waals surface area contributed by atoms with Gasteiger partial charge in [0.2, 0.25) is 0 Å². The van der Waals surface area contributed by atoms with Gasteiger partial charge in [-0.2, -0.15) is 45.4 Å². The fraction of sp³-hybridized carbons (Fsp3) is 0.147. The van der Waals surface area contributed by atoms with E-state index in [4.69, 9.17) is 4.55 Å². The van der Waals surface area contributed by atoms with Crippen molar-refractivity contribution < 1.29 is 69.9 Å². The Morgan fingerprint density at radius 3 is 1.80 bits per heavy atom. The average molecular weight is 929 g/mol. The molecular weight excluding hydrogens is 901 g/mol. The molecule has 0 radical (unpaired) electrons. The summed E-state index contributed by atoms with van der Waals surface area (Å²) in [5, 5.41) is 1.92. The number of thioether (sulfide) groups is 1. The summed E-state index contributed by atoms with van der Waals surface area (Å²) in [5.41, 5.74) is -5.16. The number of carbonyl (C=O) groups excluding carboxylic acids is 2. The zero-order chi connectivity index (χ0) is 43.5. The van der Waals surface area contributed by atoms with Gasteiger partial charge in [0.15, 0.2) is 21.4 Å². The van der Waals surface area contributed by atoms with Crippen LogP contribution in [0.15, 0.2) is 97.2 Å². The summed E-state index contributed by atoms with van der Waals surface area (Å²) in [7, 11) is -25.8. The lowest BCUT2D eigenvalue weighted by atomic mass is 9.80. The van der Waals surface area contributed by atoms with Gasteiger partial charge in [-0.25, -0.2) is 8.42 Å². The van der Waals surface area contributed by atoms with Gasteiger partial charge in [-0.1, -0.05) is 54.6 Å². The van der Waals surface area contributed by atoms with Crippen molar-refractivity contribution in [1.29, 1.82) is 0 Å². The predicted octanol–water partition coefficient (Wildman–Crippen LogP) is 3.24. The van der Waals surface area contributed by atoms with Crippen LogP contribution in [0, 0.1) is 0 Å². The molecular formula is C34H28N2O17S6. The van der Waals surface area contributed by atoms with Crippen LogP contribution in [0.2, 0.25) is 0 Å². The second kappa shape index (κ2) is 15.6. The molecule has 4 aromatic carbocycles. The monoisotopic (exact) mass is 928 g/mol. The van der Waals surface area contributed by atoms with E-state index in [1.54, 1.807) is 6.07 Å². The van der Waals surface area contributed by atoms with Gasteiger partial charge < -0.3 is 10.3 Å². The molecule has 0 fully saturated rings. The highest BCUT2D eigenvalue weighted by Gasteiger charge is 2.37. The maximum atomic E-state index is 14.4. The zero-order valence-corrected chi connectivity index (χ0v) is 34.4. The van der Waals surface area contributed by atoms with E-state index in [1.165, 1.54) is 48.5 Å². The molecule has 5 aromatic rings. The molecule has 0 unspecified atom stereocenters. The number of aromatic nitrogens is 1. The third kappa shape index (κ3) is 8.89. The van der Waals surface area contributed by atoms with Crippen LogP contribution in [0.5, 0.6) is 0 Å². The van der Waals surface area contributed by atoms with Gasteiger partial charge in [0, 0.05) is 27.8 Å². The number of sulfone groups is 1. The molecule has 0 amide bonds. The van der Waals surface area contributed by atoms with Crippen molar-refractivity contribution in [3.63, 3.8) is 0 Å². The molecule has 0 spiro atoms. The fourth-order valence-corrected chi connectivity index (χ4v) is 12.6. The summed E-state index contributed by atoms with van der Waals surface area (Å²) in [6.07, 6.45) is -0.0999. The van der Waals surface area contributed by atoms with E-state index >= 15 is 0 Å². The number of hydrogen-bond donors (Lipinski definition) is 6. The van der Waals surface area contributed by atoms with Gasteiger partial charge in [-0.15, -0.1) is 0 Å². The Labute approximate surface area is 339 Å². The molecule has 0 atom stereocenters. The molecule has 0 saturated heterocycles. The number of anilines is 2. The van der Waals surface area contributed by atoms with Gasteiger partial charge in [-0.3, -0.25) is 32.6 Å². The van der Waals surface area contributed by atoms with Gasteiger partial charge in [0.1, 0.15) is 14.7 Å². The van der Waals surface area contributed by atoms with Crippen molar-refractivity contribution >= 4 is 95.9 Å². The van der Waals surface area contributed by atoms with Gasteiger partial charge in [-0.05, 0) is 35.9 Å². The summed E-state index contributed by atoms with van der Waals surface area (Å²) >= 11 is 0.873. The molecule has 6 rings (SSSR count). The second-order valence-electron chi connectivity index (χ2n) is 12.7. The number of fused-ring (bicyclic) bond motifs is 2. The van der Waals surface area contributed by atoms with Crippen LogP contribution in [0.25, 0.3) is 22.0 Å². The Morgan fingerprint density at radius 1 is 0.627 bits per heavy atom. The molecule has 0 aliphatic heterocycles. The van der Waals surface area contributed by atoms with E-state index in [0.29, 0.717) is 12.1 Å². The number of nitrogens with one attached hydrogen (secondary N) is 2. The maximum absolute atomic E-state index is 14.4. The van der Waals surface area contributed by atoms with Crippen LogP contribution in [0.3, 0.4) is 0 Å². The summed E-state index contributed by atoms with van der Waals surface area (Å²) < 4.78 is 165. The van der Waals surface area contributed by atoms with Crippen molar-refractivity contribution in [3.8, 4) is 11.1 Å². The van der Waals surface area contributed by atoms with Crippen LogP contribution >= 0.6 is 11.8 Å². The number of carbonyl (C=O) groups is 2. The Morgan fingerprint density at radius 2 is 1.20 bits per heavy atom. The predicted molar refractivity (Wildman–Crippen MR) is 213 cm³/mol. The molecule has 6 N–H and O–H groups in total. The minimum absolute atomic E-state index is 0.00391. The molecule has 1 aliphatic carbocycles. The summed E-state index contributed by atoms with van der Waals surface area (Å²) in [4.78, 5) is 39.1. The van der Waals surface area contributed by atoms with Crippen molar-refractivity contribution in [2.24, 2.45) is 0 Å². The molecule has 1 aromatic heterocycles. The minimum atomic E-state index is -5.61. The van der Waals surface area contributed by atoms with Gasteiger partial charge >= 0.3 is 0 Å². The van der Waals surface area contributed by atoms with E-state index in [2.05, 4.69) is 10.3 Å². The molecule has 0 saturated carbocycles. The van der Waals surface area contributed by atoms with Crippen LogP contribution in [-0.4, -0.2) is 99.9 Å². The lowest BCUT2D eigenvalue weighted by molar-refractivity contribution is 0.102. The third-order valence-electron chi connectivity index (χ3n) is 8.86. The van der Waals surface area contributed by atoms with Gasteiger partial charge in [0.05, 0.1) is 44.4 Å². The Hall–Kier alpha value is -4.83. The number of hydrogen-bond acceptors (Lipinski definition) is 15. The molecule has 25 heteroatoms. The van der Waals surface area contributed by atoms with E-state index in [-0.39, 0.29) is 46.2 Å². The highest BCUT2D eigenvalue weighted by atomic mass is 32.2. The van der Waals surface area contributed by atoms with Crippen LogP contribution < -0.4 is 10.9 Å². The zero-order valence-electron chi connectivity index (χ0n) is 29.5. The van der Waals surface area contributed by atoms with Crippen LogP contribution in [-0.2, 0) is 50.3 Å². The van der Waals surface area contributed by atoms with Crippen LogP contribution in [0.4, 0.5) is 11.4 Å². The van der Waals surface area contributed by atoms with Crippen molar-refractivity contribution in [2.45, 2.75) is 26.0 Å². The fourth-order valence-electron chi connectivity index (χ4n) is 6.40. The highest BCUT2D eigenvalue weighted by Crippen LogP contribution is 2.46. The standard InChI is InChI=1S/C34H28N2O17S6/c37-32(18-7-2-1-3-8-18)30-27-19-9-4-5-10-20(19)33(38)28-22(16-26(59(51,52)53)31(29(27)28)36-34(30)39)35-21-15-24(25(58(48,49)50)17-23(21)57(45,46)47)55(40,41)14-12-54-11-6-13-56(42,43)44/h1-5,7-10,15-17,35H,6,11-14H2,(H,36,39)(H,42,43,44)(H,45,46,47)(H,48,49,50)(H,51,52,53). The lowest BCUT2D eigenvalue weighted by Gasteiger charge is -2.25. The molecule has 0 bridgehead atoms. The number of ketones is 2. The minimum Gasteiger partial charge on any atom is -0.354 e. The Kier molecular flexibility index (Phi) is 11.6. The normalized spacial score (nSPS) is 13.3. The number of pyridine rings is 1. The highest BCUT2D eigenvalue weighted by molar-refractivity contribution is 8.00. The van der Waals surface area contributed by atoms with Crippen LogP contribution in [0.1, 0.15) is 38.3 Å². The van der Waals surface area contributed by atoms with Gasteiger partial charge in [0.25, 0.3) is 46.0 Å². The first-order chi connectivity index (χ1) is 27.3. The largest absolute Gasteiger partial charge is 0.354 e. The van der Waals surface area contributed by atoms with Crippen molar-refractivity contribution in [3.05, 3.63) is 105 Å². The quantitative estimate of drug-likeness (QED) is 0.0489. The smallest absolute Gasteiger partial charge is 0.296 e. The van der Waals surface area contributed by atoms with Crippen molar-refractivity contribution in [2.75, 3.05) is 28.3 Å². The molecule has 19 nitrogen and oxygen atoms in total. The lowest BCUT2D eigenvalue weighted by Crippen LogP contribution is -2.25. The number of benzene rings is 4. The summed E-state index contributed by atoms with van der Waals surface area (Å²) in [6.45, 7) is 0. The molecule has 1 heterocycles. The Bertz CT molecular complexity index is 3260. The maximum Gasteiger partial charge on any atom is 0.296 e. The molecule has 59 heavy (non-hydrogen) atoms. The molecule has 312 valence electrons. The number of rotatable bonds is 15. The first-order valence-corrected chi connectivity index (χ1v) is 25.2. The number of aromatic amines is 1. The summed E-state index contributed by atoms with van der Waals surface area (Å²) in [6, 6.07) is 13.9. The van der Waals surface area contributed by atoms with Crippen molar-refractivity contribution in [1.82, 2.24) is 4.98 Å². The van der Waals surface area contributed by atoms with E-state index in [1.807, 2.05) is 0 Å². The third-order valence-corrected chi connectivity index (χ3v) is 15.5. The Balaban J connectivity index is 1.64. The SMILES string of the molecule is O=C(c1ccccc1)c1c2c3c(c(Nc4cc(S(=O)(=O)CCSCCCS(=O)(=O)O)c(S(=O)(=O)O)cc4S(=O)(=O)O)cc(S(=O)(=O)O)c3[nH]c1=O)C(=O)c1ccccc1-2. The number of H-pyrrole nitrogens is 1. The first-order valence-electron chi connectivity index (χ1n) is 16.5. The van der Waals surface area contributed by atoms with E-state index < -0.39 is 132 Å².